The van der Waals surface area contributed by atoms with Crippen LogP contribution in [0.4, 0.5) is 13.2 Å². The maximum absolute atomic E-state index is 14.6. The topological polar surface area (TPSA) is 35.0 Å². The summed E-state index contributed by atoms with van der Waals surface area (Å²) in [6.45, 7) is 4.11. The van der Waals surface area contributed by atoms with Crippen LogP contribution < -0.4 is 4.74 Å². The predicted octanol–water partition coefficient (Wildman–Crippen LogP) is 7.62. The van der Waals surface area contributed by atoms with Crippen LogP contribution in [0.1, 0.15) is 83.6 Å². The molecular weight excluding hydrogens is 401 g/mol. The van der Waals surface area contributed by atoms with E-state index >= 15 is 0 Å². The fourth-order valence-corrected chi connectivity index (χ4v) is 3.43. The SMILES string of the molecule is CCCCCCCCCOc1ccc(-c2ncc(CCCCC(C)F)cn2)c(F)c1F. The molecule has 0 amide bonds. The summed E-state index contributed by atoms with van der Waals surface area (Å²) >= 11 is 0. The molecule has 0 bridgehead atoms. The highest BCUT2D eigenvalue weighted by atomic mass is 19.2. The lowest BCUT2D eigenvalue weighted by atomic mass is 10.1. The summed E-state index contributed by atoms with van der Waals surface area (Å²) in [6.07, 6.45) is 13.3. The molecule has 2 aromatic rings. The Morgan fingerprint density at radius 2 is 1.55 bits per heavy atom. The number of aryl methyl sites for hydroxylation is 1. The average molecular weight is 437 g/mol. The van der Waals surface area contributed by atoms with Crippen LogP contribution in [-0.4, -0.2) is 22.7 Å². The van der Waals surface area contributed by atoms with Crippen molar-refractivity contribution >= 4 is 0 Å². The van der Waals surface area contributed by atoms with Gasteiger partial charge in [0, 0.05) is 12.4 Å². The lowest BCUT2D eigenvalue weighted by Crippen LogP contribution is -2.03. The highest BCUT2D eigenvalue weighted by Crippen LogP contribution is 2.28. The molecule has 0 aliphatic carbocycles. The fraction of sp³-hybridized carbons (Fsp3) is 0.600. The molecule has 31 heavy (non-hydrogen) atoms. The molecule has 1 aromatic heterocycles. The van der Waals surface area contributed by atoms with E-state index in [0.29, 0.717) is 13.0 Å². The number of unbranched alkanes of at least 4 members (excludes halogenated alkanes) is 7. The molecule has 0 spiro atoms. The zero-order valence-corrected chi connectivity index (χ0v) is 18.8. The summed E-state index contributed by atoms with van der Waals surface area (Å²) in [6, 6.07) is 2.89. The number of ether oxygens (including phenoxy) is 1. The van der Waals surface area contributed by atoms with Crippen LogP contribution in [0.3, 0.4) is 0 Å². The number of benzene rings is 1. The van der Waals surface area contributed by atoms with Gasteiger partial charge in [0.05, 0.1) is 18.3 Å². The molecule has 1 heterocycles. The maximum atomic E-state index is 14.6. The van der Waals surface area contributed by atoms with Crippen LogP contribution >= 0.6 is 0 Å². The molecule has 2 rings (SSSR count). The van der Waals surface area contributed by atoms with Crippen molar-refractivity contribution in [1.29, 1.82) is 0 Å². The van der Waals surface area contributed by atoms with Crippen molar-refractivity contribution in [2.75, 3.05) is 6.61 Å². The van der Waals surface area contributed by atoms with E-state index in [0.717, 1.165) is 44.1 Å². The minimum absolute atomic E-state index is 0.0126. The third-order valence-electron chi connectivity index (χ3n) is 5.32. The number of alkyl halides is 1. The summed E-state index contributed by atoms with van der Waals surface area (Å²) in [5.41, 5.74) is 0.907. The van der Waals surface area contributed by atoms with Gasteiger partial charge < -0.3 is 4.74 Å². The first-order valence-electron chi connectivity index (χ1n) is 11.6. The summed E-state index contributed by atoms with van der Waals surface area (Å²) in [4.78, 5) is 8.36. The van der Waals surface area contributed by atoms with Gasteiger partial charge in [0.15, 0.2) is 17.4 Å². The predicted molar refractivity (Wildman–Crippen MR) is 119 cm³/mol. The molecule has 6 heteroatoms. The number of hydrogen-bond acceptors (Lipinski definition) is 3. The van der Waals surface area contributed by atoms with Gasteiger partial charge in [-0.25, -0.2) is 18.7 Å². The highest BCUT2D eigenvalue weighted by molar-refractivity contribution is 5.57. The molecule has 0 N–H and O–H groups in total. The zero-order valence-electron chi connectivity index (χ0n) is 18.8. The highest BCUT2D eigenvalue weighted by Gasteiger charge is 2.17. The van der Waals surface area contributed by atoms with E-state index in [1.54, 1.807) is 19.3 Å². The molecule has 0 saturated heterocycles. The number of nitrogens with zero attached hydrogens (tertiary/aromatic N) is 2. The normalized spacial score (nSPS) is 12.2. The first kappa shape index (κ1) is 25.2. The third kappa shape index (κ3) is 8.88. The summed E-state index contributed by atoms with van der Waals surface area (Å²) in [5.74, 6) is -1.95. The maximum Gasteiger partial charge on any atom is 0.201 e. The van der Waals surface area contributed by atoms with Crippen LogP contribution in [0, 0.1) is 11.6 Å². The molecule has 0 fully saturated rings. The Labute approximate surface area is 184 Å². The quantitative estimate of drug-likeness (QED) is 0.269. The monoisotopic (exact) mass is 436 g/mol. The molecule has 3 nitrogen and oxygen atoms in total. The third-order valence-corrected chi connectivity index (χ3v) is 5.32. The summed E-state index contributed by atoms with van der Waals surface area (Å²) in [7, 11) is 0. The summed E-state index contributed by atoms with van der Waals surface area (Å²) in [5, 5.41) is 0. The van der Waals surface area contributed by atoms with Gasteiger partial charge in [-0.15, -0.1) is 0 Å². The van der Waals surface area contributed by atoms with E-state index in [4.69, 9.17) is 4.74 Å². The lowest BCUT2D eigenvalue weighted by Gasteiger charge is -2.10. The Balaban J connectivity index is 1.84. The number of halogens is 3. The van der Waals surface area contributed by atoms with Gasteiger partial charge >= 0.3 is 0 Å². The first-order valence-corrected chi connectivity index (χ1v) is 11.6. The standard InChI is InChI=1S/C25H35F3N2O/c1-3-4-5-6-7-8-11-16-31-22-15-14-21(23(27)24(22)28)25-29-17-20(18-30-25)13-10-9-12-19(2)26/h14-15,17-19H,3-13,16H2,1-2H3. The van der Waals surface area contributed by atoms with Crippen molar-refractivity contribution in [1.82, 2.24) is 9.97 Å². The second-order valence-corrected chi connectivity index (χ2v) is 8.15. The Kier molecular flexibility index (Phi) is 11.4. The van der Waals surface area contributed by atoms with Gasteiger partial charge in [-0.1, -0.05) is 51.9 Å². The molecule has 0 saturated carbocycles. The van der Waals surface area contributed by atoms with Crippen LogP contribution in [0.25, 0.3) is 11.4 Å². The fourth-order valence-electron chi connectivity index (χ4n) is 3.43. The van der Waals surface area contributed by atoms with Gasteiger partial charge in [0.25, 0.3) is 0 Å². The second kappa shape index (κ2) is 14.0. The second-order valence-electron chi connectivity index (χ2n) is 8.15. The molecule has 172 valence electrons. The van der Waals surface area contributed by atoms with Crippen LogP contribution in [0.15, 0.2) is 24.5 Å². The molecule has 1 unspecified atom stereocenters. The van der Waals surface area contributed by atoms with Crippen molar-refractivity contribution in [3.8, 4) is 17.1 Å². The Hall–Kier alpha value is -2.11. The number of aromatic nitrogens is 2. The molecule has 1 atom stereocenters. The molecular formula is C25H35F3N2O. The number of rotatable bonds is 15. The largest absolute Gasteiger partial charge is 0.490 e. The van der Waals surface area contributed by atoms with E-state index in [1.165, 1.54) is 37.8 Å². The van der Waals surface area contributed by atoms with E-state index < -0.39 is 17.8 Å². The smallest absolute Gasteiger partial charge is 0.201 e. The molecule has 0 radical (unpaired) electrons. The van der Waals surface area contributed by atoms with Crippen molar-refractivity contribution < 1.29 is 17.9 Å². The van der Waals surface area contributed by atoms with Gasteiger partial charge in [-0.2, -0.15) is 4.39 Å². The van der Waals surface area contributed by atoms with E-state index in [9.17, 15) is 13.2 Å². The van der Waals surface area contributed by atoms with Crippen molar-refractivity contribution in [2.24, 2.45) is 0 Å². The average Bonchev–Trinajstić information content (AvgIpc) is 2.76. The first-order chi connectivity index (χ1) is 15.0. The zero-order chi connectivity index (χ0) is 22.5. The Morgan fingerprint density at radius 3 is 2.23 bits per heavy atom. The Morgan fingerprint density at radius 1 is 0.871 bits per heavy atom. The van der Waals surface area contributed by atoms with Crippen LogP contribution in [0.2, 0.25) is 0 Å². The minimum atomic E-state index is -1.01. The minimum Gasteiger partial charge on any atom is -0.490 e. The molecule has 0 aliphatic heterocycles. The number of hydrogen-bond donors (Lipinski definition) is 0. The van der Waals surface area contributed by atoms with E-state index in [-0.39, 0.29) is 17.1 Å². The van der Waals surface area contributed by atoms with Gasteiger partial charge in [0.1, 0.15) is 0 Å². The Bertz CT molecular complexity index is 766. The van der Waals surface area contributed by atoms with Gasteiger partial charge in [0.2, 0.25) is 5.82 Å². The van der Waals surface area contributed by atoms with Gasteiger partial charge in [-0.3, -0.25) is 0 Å². The van der Waals surface area contributed by atoms with E-state index in [2.05, 4.69) is 16.9 Å². The van der Waals surface area contributed by atoms with Crippen molar-refractivity contribution in [3.05, 3.63) is 41.7 Å². The van der Waals surface area contributed by atoms with Crippen LogP contribution in [0.5, 0.6) is 5.75 Å². The lowest BCUT2D eigenvalue weighted by molar-refractivity contribution is 0.285. The molecule has 0 aliphatic rings. The van der Waals surface area contributed by atoms with E-state index in [1.807, 2.05) is 0 Å². The van der Waals surface area contributed by atoms with Crippen LogP contribution in [-0.2, 0) is 6.42 Å². The van der Waals surface area contributed by atoms with Crippen molar-refractivity contribution in [2.45, 2.75) is 90.6 Å². The van der Waals surface area contributed by atoms with Crippen molar-refractivity contribution in [3.63, 3.8) is 0 Å². The molecule has 1 aromatic carbocycles. The summed E-state index contributed by atoms with van der Waals surface area (Å²) < 4.78 is 47.2. The van der Waals surface area contributed by atoms with Gasteiger partial charge in [-0.05, 0) is 50.3 Å².